The van der Waals surface area contributed by atoms with Gasteiger partial charge in [-0.1, -0.05) is 139 Å². The van der Waals surface area contributed by atoms with Gasteiger partial charge in [-0.3, -0.25) is 0 Å². The fourth-order valence-corrected chi connectivity index (χ4v) is 8.73. The van der Waals surface area contributed by atoms with Crippen LogP contribution in [0.2, 0.25) is 0 Å². The maximum Gasteiger partial charge on any atom is 0.0979 e. The highest BCUT2D eigenvalue weighted by atomic mass is 32.2. The number of nitrogens with one attached hydrogen (secondary N) is 1. The summed E-state index contributed by atoms with van der Waals surface area (Å²) < 4.78 is 17.3. The number of hydrogen-bond acceptors (Lipinski definition) is 1. The average molecular weight is 598 g/mol. The minimum atomic E-state index is -1.28. The third-order valence-corrected chi connectivity index (χ3v) is 11.8. The Hall–Kier alpha value is -2.58. The molecule has 0 saturated heterocycles. The van der Waals surface area contributed by atoms with E-state index in [2.05, 4.69) is 164 Å². The molecule has 0 unspecified atom stereocenters. The van der Waals surface area contributed by atoms with Gasteiger partial charge in [-0.2, -0.15) is 0 Å². The molecule has 0 fully saturated rings. The lowest BCUT2D eigenvalue weighted by Crippen LogP contribution is -2.39. The number of rotatable bonds is 10. The monoisotopic (exact) mass is 597 g/mol. The molecule has 4 rings (SSSR count). The van der Waals surface area contributed by atoms with E-state index in [4.69, 9.17) is 0 Å². The summed E-state index contributed by atoms with van der Waals surface area (Å²) in [5.41, 5.74) is 6.53. The molecule has 42 heavy (non-hydrogen) atoms. The van der Waals surface area contributed by atoms with E-state index in [1.165, 1.54) is 43.7 Å². The van der Waals surface area contributed by atoms with Crippen molar-refractivity contribution in [1.82, 2.24) is 4.72 Å². The van der Waals surface area contributed by atoms with Gasteiger partial charge in [0.25, 0.3) is 0 Å². The van der Waals surface area contributed by atoms with Gasteiger partial charge in [0.2, 0.25) is 0 Å². The van der Waals surface area contributed by atoms with Crippen molar-refractivity contribution < 1.29 is 4.21 Å². The van der Waals surface area contributed by atoms with Crippen molar-refractivity contribution in [3.63, 3.8) is 0 Å². The second-order valence-corrected chi connectivity index (χ2v) is 17.3. The fourth-order valence-electron chi connectivity index (χ4n) is 5.42. The van der Waals surface area contributed by atoms with E-state index in [1.807, 2.05) is 0 Å². The summed E-state index contributed by atoms with van der Waals surface area (Å²) in [6, 6.07) is 35.2. The highest BCUT2D eigenvalue weighted by molar-refractivity contribution is 7.84. The van der Waals surface area contributed by atoms with Crippen LogP contribution in [0.1, 0.15) is 114 Å². The number of hydrogen-bond donors (Lipinski definition) is 1. The highest BCUT2D eigenvalue weighted by Crippen LogP contribution is 2.42. The molecule has 0 aromatic heterocycles. The second kappa shape index (κ2) is 13.8. The van der Waals surface area contributed by atoms with Gasteiger partial charge in [0, 0.05) is 0 Å². The first kappa shape index (κ1) is 32.3. The van der Waals surface area contributed by atoms with E-state index < -0.39 is 23.7 Å². The third kappa shape index (κ3) is 7.31. The van der Waals surface area contributed by atoms with Crippen molar-refractivity contribution in [2.45, 2.75) is 90.9 Å². The summed E-state index contributed by atoms with van der Waals surface area (Å²) in [4.78, 5) is 0. The van der Waals surface area contributed by atoms with Crippen molar-refractivity contribution in [3.05, 3.63) is 125 Å². The van der Waals surface area contributed by atoms with Crippen LogP contribution in [0.5, 0.6) is 0 Å². The van der Waals surface area contributed by atoms with Gasteiger partial charge in [-0.15, -0.1) is 0 Å². The van der Waals surface area contributed by atoms with Crippen LogP contribution >= 0.6 is 7.92 Å². The van der Waals surface area contributed by atoms with E-state index in [0.29, 0.717) is 17.8 Å². The van der Waals surface area contributed by atoms with Crippen LogP contribution < -0.4 is 20.6 Å². The molecule has 4 aromatic carbocycles. The third-order valence-electron chi connectivity index (χ3n) is 7.76. The zero-order valence-corrected chi connectivity index (χ0v) is 28.5. The van der Waals surface area contributed by atoms with E-state index >= 15 is 0 Å². The first-order valence-corrected chi connectivity index (χ1v) is 17.7. The molecular formula is C38H48NOPS. The number of benzene rings is 4. The van der Waals surface area contributed by atoms with E-state index in [9.17, 15) is 4.21 Å². The summed E-state index contributed by atoms with van der Waals surface area (Å²) in [5.74, 6) is 1.07. The van der Waals surface area contributed by atoms with Crippen LogP contribution in [0.3, 0.4) is 0 Å². The van der Waals surface area contributed by atoms with Gasteiger partial charge >= 0.3 is 0 Å². The molecule has 4 heteroatoms. The smallest absolute Gasteiger partial charge is 0.0979 e. The van der Waals surface area contributed by atoms with Gasteiger partial charge in [-0.05, 0) is 90.2 Å². The van der Waals surface area contributed by atoms with Crippen LogP contribution in [0.4, 0.5) is 0 Å². The zero-order chi connectivity index (χ0) is 30.6. The molecule has 0 aliphatic carbocycles. The summed E-state index contributed by atoms with van der Waals surface area (Å²) in [6.07, 6.45) is 0. The molecule has 4 aromatic rings. The van der Waals surface area contributed by atoms with E-state index in [-0.39, 0.29) is 6.04 Å². The predicted octanol–water partition coefficient (Wildman–Crippen LogP) is 8.96. The van der Waals surface area contributed by atoms with Gasteiger partial charge in [0.05, 0.1) is 21.8 Å². The van der Waals surface area contributed by atoms with Crippen LogP contribution in [0.25, 0.3) is 0 Å². The Morgan fingerprint density at radius 3 is 1.50 bits per heavy atom. The molecule has 0 aliphatic heterocycles. The Kier molecular flexibility index (Phi) is 10.6. The molecule has 1 N–H and O–H groups in total. The minimum Gasteiger partial charge on any atom is -0.242 e. The fraction of sp³-hybridized carbons (Fsp3) is 0.368. The molecule has 0 aliphatic rings. The Labute approximate surface area is 258 Å². The second-order valence-electron chi connectivity index (χ2n) is 13.1. The lowest BCUT2D eigenvalue weighted by molar-refractivity contribution is 0.619. The molecule has 0 radical (unpaired) electrons. The summed E-state index contributed by atoms with van der Waals surface area (Å²) in [5, 5.41) is 3.92. The van der Waals surface area contributed by atoms with Crippen LogP contribution in [-0.4, -0.2) is 8.96 Å². The molecular weight excluding hydrogens is 549 g/mol. The summed E-state index contributed by atoms with van der Waals surface area (Å²) in [6.45, 7) is 19.9. The molecule has 0 amide bonds. The normalized spacial score (nSPS) is 13.7. The van der Waals surface area contributed by atoms with Gasteiger partial charge in [0.1, 0.15) is 0 Å². The Morgan fingerprint density at radius 1 is 0.619 bits per heavy atom. The average Bonchev–Trinajstić information content (AvgIpc) is 2.96. The maximum atomic E-state index is 14.0. The van der Waals surface area contributed by atoms with Crippen LogP contribution in [-0.2, 0) is 11.0 Å². The largest absolute Gasteiger partial charge is 0.242 e. The first-order chi connectivity index (χ1) is 19.9. The van der Waals surface area contributed by atoms with Crippen molar-refractivity contribution >= 4 is 34.8 Å². The quantitative estimate of drug-likeness (QED) is 0.182. The van der Waals surface area contributed by atoms with Gasteiger partial charge in [-0.25, -0.2) is 8.93 Å². The van der Waals surface area contributed by atoms with Crippen molar-refractivity contribution in [2.24, 2.45) is 0 Å². The van der Waals surface area contributed by atoms with E-state index in [1.54, 1.807) is 0 Å². The molecule has 0 saturated carbocycles. The van der Waals surface area contributed by atoms with Gasteiger partial charge < -0.3 is 0 Å². The molecule has 2 atom stereocenters. The Bertz CT molecular complexity index is 1420. The summed E-state index contributed by atoms with van der Waals surface area (Å²) >= 11 is 0. The zero-order valence-electron chi connectivity index (χ0n) is 26.8. The molecule has 222 valence electrons. The van der Waals surface area contributed by atoms with Crippen LogP contribution in [0, 0.1) is 0 Å². The molecule has 0 heterocycles. The maximum absolute atomic E-state index is 14.0. The molecule has 0 spiro atoms. The molecule has 2 nitrogen and oxygen atoms in total. The standard InChI is InChI=1S/C38H48NOPS/c1-26(2)29-24-33(27(3)4)36(34(25-29)28(5)6)37(39-42(40)38(7,8)9)32-22-16-17-23-35(32)41(30-18-12-10-13-19-30)31-20-14-11-15-21-31/h10-28,37,39H,1-9H3/t37-,42+/m0/s1. The van der Waals surface area contributed by atoms with Crippen molar-refractivity contribution in [3.8, 4) is 0 Å². The van der Waals surface area contributed by atoms with E-state index in [0.717, 1.165) is 0 Å². The SMILES string of the molecule is CC(C)c1cc(C(C)C)c([C@@H](N[S@](=O)C(C)(C)C)c2ccccc2P(c2ccccc2)c2ccccc2)c(C(C)C)c1. The van der Waals surface area contributed by atoms with Crippen molar-refractivity contribution in [2.75, 3.05) is 0 Å². The summed E-state index contributed by atoms with van der Waals surface area (Å²) in [7, 11) is -2.13. The first-order valence-electron chi connectivity index (χ1n) is 15.2. The highest BCUT2D eigenvalue weighted by Gasteiger charge is 2.32. The molecule has 0 bridgehead atoms. The lowest BCUT2D eigenvalue weighted by atomic mass is 9.80. The Morgan fingerprint density at radius 2 is 1.07 bits per heavy atom. The lowest BCUT2D eigenvalue weighted by Gasteiger charge is -2.33. The predicted molar refractivity (Wildman–Crippen MR) is 187 cm³/mol. The minimum absolute atomic E-state index is 0.227. The van der Waals surface area contributed by atoms with Crippen molar-refractivity contribution in [1.29, 1.82) is 0 Å². The van der Waals surface area contributed by atoms with Crippen LogP contribution in [0.15, 0.2) is 97.1 Å². The topological polar surface area (TPSA) is 29.1 Å². The Balaban J connectivity index is 2.07. The van der Waals surface area contributed by atoms with Gasteiger partial charge in [0.15, 0.2) is 0 Å².